The molecule has 0 spiro atoms. The van der Waals surface area contributed by atoms with E-state index < -0.39 is 11.2 Å². The Morgan fingerprint density at radius 3 is 2.74 bits per heavy atom. The van der Waals surface area contributed by atoms with Crippen LogP contribution in [-0.4, -0.2) is 37.5 Å². The maximum Gasteiger partial charge on any atom is 0.336 e. The molecule has 0 aliphatic carbocycles. The van der Waals surface area contributed by atoms with E-state index in [1.165, 1.54) is 13.2 Å². The Labute approximate surface area is 155 Å². The second-order valence-electron chi connectivity index (χ2n) is 7.04. The van der Waals surface area contributed by atoms with Crippen LogP contribution < -0.4 is 15.1 Å². The summed E-state index contributed by atoms with van der Waals surface area (Å²) in [5.41, 5.74) is -0.0202. The van der Waals surface area contributed by atoms with E-state index in [-0.39, 0.29) is 18.2 Å². The molecular weight excluding hydrogens is 352 g/mol. The topological polar surface area (TPSA) is 87.5 Å². The highest BCUT2D eigenvalue weighted by molar-refractivity contribution is 5.90. The van der Waals surface area contributed by atoms with E-state index in [4.69, 9.17) is 23.4 Å². The smallest absolute Gasteiger partial charge is 0.336 e. The predicted molar refractivity (Wildman–Crippen MR) is 96.1 cm³/mol. The molecule has 2 saturated heterocycles. The summed E-state index contributed by atoms with van der Waals surface area (Å²) in [5, 5.41) is 0.745. The van der Waals surface area contributed by atoms with Crippen LogP contribution in [0.25, 0.3) is 11.0 Å². The van der Waals surface area contributed by atoms with Gasteiger partial charge < -0.3 is 23.4 Å². The highest BCUT2D eigenvalue weighted by Gasteiger charge is 2.55. The van der Waals surface area contributed by atoms with Gasteiger partial charge in [-0.25, -0.2) is 9.59 Å². The predicted octanol–water partition coefficient (Wildman–Crippen LogP) is 2.60. The Balaban J connectivity index is 1.43. The van der Waals surface area contributed by atoms with E-state index in [1.807, 2.05) is 6.92 Å². The number of hydrogen-bond acceptors (Lipinski definition) is 7. The van der Waals surface area contributed by atoms with Crippen molar-refractivity contribution in [3.63, 3.8) is 0 Å². The lowest BCUT2D eigenvalue weighted by molar-refractivity contribution is -0.139. The molecule has 0 saturated carbocycles. The Morgan fingerprint density at radius 2 is 2.04 bits per heavy atom. The van der Waals surface area contributed by atoms with Gasteiger partial charge in [-0.1, -0.05) is 6.58 Å². The summed E-state index contributed by atoms with van der Waals surface area (Å²) in [5.74, 6) is 0.505. The number of carbonyl (C=O) groups is 1. The fourth-order valence-electron chi connectivity index (χ4n) is 3.44. The molecule has 0 N–H and O–H groups in total. The molecule has 2 aliphatic heterocycles. The van der Waals surface area contributed by atoms with Crippen molar-refractivity contribution in [1.82, 2.24) is 0 Å². The molecule has 2 fully saturated rings. The third-order valence-corrected chi connectivity index (χ3v) is 5.01. The first-order valence-electron chi connectivity index (χ1n) is 8.70. The lowest BCUT2D eigenvalue weighted by Crippen LogP contribution is -2.22. The minimum atomic E-state index is -0.455. The molecule has 142 valence electrons. The lowest BCUT2D eigenvalue weighted by Gasteiger charge is -2.13. The lowest BCUT2D eigenvalue weighted by atomic mass is 9.98. The zero-order valence-corrected chi connectivity index (χ0v) is 15.2. The number of methoxy groups -OCH3 is 1. The van der Waals surface area contributed by atoms with Gasteiger partial charge in [0.1, 0.15) is 18.8 Å². The van der Waals surface area contributed by atoms with Crippen molar-refractivity contribution < 1.29 is 28.2 Å². The molecule has 0 unspecified atom stereocenters. The van der Waals surface area contributed by atoms with Crippen molar-refractivity contribution >= 4 is 16.9 Å². The summed E-state index contributed by atoms with van der Waals surface area (Å²) in [6.45, 7) is 5.96. The first kappa shape index (κ1) is 17.6. The van der Waals surface area contributed by atoms with Crippen LogP contribution in [0.3, 0.4) is 0 Å². The normalized spacial score (nSPS) is 26.9. The molecule has 3 atom stereocenters. The van der Waals surface area contributed by atoms with Crippen LogP contribution in [-0.2, 0) is 14.3 Å². The van der Waals surface area contributed by atoms with Crippen LogP contribution in [0.15, 0.2) is 45.6 Å². The molecule has 7 heteroatoms. The van der Waals surface area contributed by atoms with Crippen molar-refractivity contribution in [2.45, 2.75) is 37.6 Å². The van der Waals surface area contributed by atoms with Crippen molar-refractivity contribution in [3.05, 3.63) is 46.8 Å². The summed E-state index contributed by atoms with van der Waals surface area (Å²) in [6.07, 6.45) is 0.788. The van der Waals surface area contributed by atoms with Crippen LogP contribution in [0, 0.1) is 0 Å². The number of epoxide rings is 1. The Bertz CT molecular complexity index is 960. The van der Waals surface area contributed by atoms with Crippen LogP contribution >= 0.6 is 0 Å². The number of carbonyl (C=O) groups excluding carboxylic acids is 1. The first-order valence-corrected chi connectivity index (χ1v) is 8.70. The van der Waals surface area contributed by atoms with E-state index in [9.17, 15) is 9.59 Å². The standard InChI is InChI=1S/C20H20O7/c1-11-8-13(25-19(11)22)9-20(2)15(27-20)10-24-14-6-4-12-5-7-16(21)26-17(12)18(14)23-3/h4-7,13,15H,1,8-10H2,2-3H3/t13-,15+,20+/m0/s1. The van der Waals surface area contributed by atoms with E-state index in [1.54, 1.807) is 18.2 Å². The molecule has 0 bridgehead atoms. The summed E-state index contributed by atoms with van der Waals surface area (Å²) in [4.78, 5) is 23.0. The van der Waals surface area contributed by atoms with Gasteiger partial charge in [-0.3, -0.25) is 0 Å². The Hall–Kier alpha value is -2.80. The highest BCUT2D eigenvalue weighted by Crippen LogP contribution is 2.44. The molecule has 7 nitrogen and oxygen atoms in total. The maximum atomic E-state index is 11.5. The largest absolute Gasteiger partial charge is 0.490 e. The van der Waals surface area contributed by atoms with Gasteiger partial charge >= 0.3 is 11.6 Å². The van der Waals surface area contributed by atoms with Crippen LogP contribution in [0.5, 0.6) is 11.5 Å². The average Bonchev–Trinajstić information content (AvgIpc) is 3.16. The fourth-order valence-corrected chi connectivity index (χ4v) is 3.44. The minimum Gasteiger partial charge on any atom is -0.490 e. The summed E-state index contributed by atoms with van der Waals surface area (Å²) >= 11 is 0. The fraction of sp³-hybridized carbons (Fsp3) is 0.400. The third-order valence-electron chi connectivity index (χ3n) is 5.01. The number of esters is 1. The second kappa shape index (κ2) is 6.42. The molecule has 0 amide bonds. The molecule has 2 aromatic rings. The number of benzene rings is 1. The van der Waals surface area contributed by atoms with Gasteiger partial charge in [-0.15, -0.1) is 0 Å². The molecule has 2 aliphatic rings. The second-order valence-corrected chi connectivity index (χ2v) is 7.04. The molecule has 1 aromatic carbocycles. The molecule has 1 aromatic heterocycles. The number of ether oxygens (including phenoxy) is 4. The number of fused-ring (bicyclic) bond motifs is 1. The quantitative estimate of drug-likeness (QED) is 0.333. The van der Waals surface area contributed by atoms with Crippen LogP contribution in [0.2, 0.25) is 0 Å². The van der Waals surface area contributed by atoms with Gasteiger partial charge in [0.05, 0.1) is 12.7 Å². The van der Waals surface area contributed by atoms with Gasteiger partial charge in [-0.05, 0) is 25.1 Å². The Morgan fingerprint density at radius 1 is 1.26 bits per heavy atom. The monoisotopic (exact) mass is 372 g/mol. The summed E-state index contributed by atoms with van der Waals surface area (Å²) in [6, 6.07) is 6.60. The zero-order chi connectivity index (χ0) is 19.2. The number of cyclic esters (lactones) is 1. The average molecular weight is 372 g/mol. The van der Waals surface area contributed by atoms with Crippen molar-refractivity contribution in [2.75, 3.05) is 13.7 Å². The van der Waals surface area contributed by atoms with E-state index in [0.717, 1.165) is 5.39 Å². The van der Waals surface area contributed by atoms with Crippen LogP contribution in [0.1, 0.15) is 19.8 Å². The highest BCUT2D eigenvalue weighted by atomic mass is 16.6. The molecule has 27 heavy (non-hydrogen) atoms. The van der Waals surface area contributed by atoms with Crippen molar-refractivity contribution in [3.8, 4) is 11.5 Å². The first-order chi connectivity index (χ1) is 12.9. The Kier molecular flexibility index (Phi) is 4.19. The van der Waals surface area contributed by atoms with E-state index in [0.29, 0.717) is 42.1 Å². The zero-order valence-electron chi connectivity index (χ0n) is 15.2. The molecule has 4 rings (SSSR count). The van der Waals surface area contributed by atoms with Crippen molar-refractivity contribution in [2.24, 2.45) is 0 Å². The van der Waals surface area contributed by atoms with E-state index in [2.05, 4.69) is 6.58 Å². The minimum absolute atomic E-state index is 0.131. The van der Waals surface area contributed by atoms with Gasteiger partial charge in [-0.2, -0.15) is 0 Å². The van der Waals surface area contributed by atoms with Gasteiger partial charge in [0, 0.05) is 29.9 Å². The third kappa shape index (κ3) is 3.30. The van der Waals surface area contributed by atoms with E-state index >= 15 is 0 Å². The molecular formula is C20H20O7. The van der Waals surface area contributed by atoms with Crippen LogP contribution in [0.4, 0.5) is 0 Å². The molecule has 3 heterocycles. The molecule has 0 radical (unpaired) electrons. The van der Waals surface area contributed by atoms with Gasteiger partial charge in [0.25, 0.3) is 0 Å². The summed E-state index contributed by atoms with van der Waals surface area (Å²) in [7, 11) is 1.49. The van der Waals surface area contributed by atoms with Gasteiger partial charge in [0.2, 0.25) is 5.75 Å². The van der Waals surface area contributed by atoms with Crippen molar-refractivity contribution in [1.29, 1.82) is 0 Å². The summed E-state index contributed by atoms with van der Waals surface area (Å²) < 4.78 is 27.6. The number of rotatable bonds is 6. The maximum absolute atomic E-state index is 11.5. The van der Waals surface area contributed by atoms with Gasteiger partial charge in [0.15, 0.2) is 11.3 Å². The SMILES string of the molecule is C=C1C[C@@H](C[C@@]2(C)O[C@@H]2COc2ccc3ccc(=O)oc3c2OC)OC1=O. The number of hydrogen-bond donors (Lipinski definition) is 0.